The molecule has 0 aliphatic heterocycles. The number of nitrogens with two attached hydrogens (primary N) is 1. The summed E-state index contributed by atoms with van der Waals surface area (Å²) < 4.78 is 0. The second kappa shape index (κ2) is 10.4. The summed E-state index contributed by atoms with van der Waals surface area (Å²) in [4.78, 5) is 12.0. The number of carbonyl (C=O) groups excluding carboxylic acids is 1. The normalized spacial score (nSPS) is 13.7. The highest BCUT2D eigenvalue weighted by Crippen LogP contribution is 2.18. The van der Waals surface area contributed by atoms with Gasteiger partial charge < -0.3 is 16.2 Å². The van der Waals surface area contributed by atoms with Crippen LogP contribution in [0.1, 0.15) is 50.6 Å². The Labute approximate surface area is 127 Å². The van der Waals surface area contributed by atoms with E-state index in [0.29, 0.717) is 18.9 Å². The van der Waals surface area contributed by atoms with Crippen LogP contribution in [0.25, 0.3) is 0 Å². The van der Waals surface area contributed by atoms with Crippen molar-refractivity contribution in [1.29, 1.82) is 0 Å². The fraction of sp³-hybridized carbons (Fsp3) is 0.588. The molecule has 0 heterocycles. The topological polar surface area (TPSA) is 75.4 Å². The Morgan fingerprint density at radius 1 is 1.24 bits per heavy atom. The highest BCUT2D eigenvalue weighted by atomic mass is 16.3. The van der Waals surface area contributed by atoms with Crippen LogP contribution < -0.4 is 11.1 Å². The first-order valence-electron chi connectivity index (χ1n) is 7.86. The zero-order chi connectivity index (χ0) is 15.5. The van der Waals surface area contributed by atoms with Gasteiger partial charge in [0, 0.05) is 6.42 Å². The van der Waals surface area contributed by atoms with Crippen molar-refractivity contribution in [3.05, 3.63) is 35.9 Å². The van der Waals surface area contributed by atoms with Gasteiger partial charge >= 0.3 is 0 Å². The van der Waals surface area contributed by atoms with Crippen molar-refractivity contribution >= 4 is 5.91 Å². The molecule has 0 fully saturated rings. The van der Waals surface area contributed by atoms with Crippen LogP contribution >= 0.6 is 0 Å². The van der Waals surface area contributed by atoms with E-state index in [0.717, 1.165) is 31.2 Å². The Morgan fingerprint density at radius 2 is 1.95 bits per heavy atom. The molecule has 0 aliphatic rings. The summed E-state index contributed by atoms with van der Waals surface area (Å²) in [6.45, 7) is 2.74. The molecular weight excluding hydrogens is 264 g/mol. The average molecular weight is 292 g/mol. The first kappa shape index (κ1) is 17.7. The Balaban J connectivity index is 2.44. The summed E-state index contributed by atoms with van der Waals surface area (Å²) in [6, 6.07) is 9.23. The predicted octanol–water partition coefficient (Wildman–Crippen LogP) is 2.38. The second-order valence-electron chi connectivity index (χ2n) is 5.48. The molecule has 1 aromatic rings. The maximum Gasteiger partial charge on any atom is 0.220 e. The molecule has 0 bridgehead atoms. The monoisotopic (exact) mass is 292 g/mol. The molecule has 4 nitrogen and oxygen atoms in total. The Bertz CT molecular complexity index is 389. The number of hydrogen-bond donors (Lipinski definition) is 3. The second-order valence-corrected chi connectivity index (χ2v) is 5.48. The van der Waals surface area contributed by atoms with E-state index in [9.17, 15) is 9.90 Å². The fourth-order valence-electron chi connectivity index (χ4n) is 2.60. The highest BCUT2D eigenvalue weighted by Gasteiger charge is 2.15. The molecule has 0 aromatic heterocycles. The van der Waals surface area contributed by atoms with Crippen molar-refractivity contribution in [3.63, 3.8) is 0 Å². The largest absolute Gasteiger partial charge is 0.394 e. The van der Waals surface area contributed by atoms with Crippen LogP contribution in [-0.4, -0.2) is 24.2 Å². The van der Waals surface area contributed by atoms with Gasteiger partial charge in [-0.25, -0.2) is 0 Å². The Morgan fingerprint density at radius 3 is 2.52 bits per heavy atom. The molecule has 1 amide bonds. The van der Waals surface area contributed by atoms with E-state index in [4.69, 9.17) is 5.73 Å². The summed E-state index contributed by atoms with van der Waals surface area (Å²) >= 11 is 0. The molecule has 1 aromatic carbocycles. The maximum absolute atomic E-state index is 12.0. The predicted molar refractivity (Wildman–Crippen MR) is 85.7 cm³/mol. The zero-order valence-electron chi connectivity index (χ0n) is 12.9. The van der Waals surface area contributed by atoms with Gasteiger partial charge in [-0.05, 0) is 30.9 Å². The van der Waals surface area contributed by atoms with E-state index in [2.05, 4.69) is 12.2 Å². The smallest absolute Gasteiger partial charge is 0.220 e. The van der Waals surface area contributed by atoms with Crippen molar-refractivity contribution in [2.24, 2.45) is 11.7 Å². The lowest BCUT2D eigenvalue weighted by Gasteiger charge is -2.18. The number of aliphatic hydroxyl groups excluding tert-OH is 1. The van der Waals surface area contributed by atoms with Crippen LogP contribution in [0.3, 0.4) is 0 Å². The molecule has 0 aliphatic carbocycles. The van der Waals surface area contributed by atoms with Gasteiger partial charge in [-0.3, -0.25) is 4.79 Å². The van der Waals surface area contributed by atoms with Crippen LogP contribution in [0.2, 0.25) is 0 Å². The number of nitrogens with one attached hydrogen (secondary N) is 1. The third-order valence-electron chi connectivity index (χ3n) is 3.77. The highest BCUT2D eigenvalue weighted by molar-refractivity contribution is 5.76. The molecule has 4 N–H and O–H groups in total. The average Bonchev–Trinajstić information content (AvgIpc) is 2.51. The van der Waals surface area contributed by atoms with Crippen LogP contribution in [-0.2, 0) is 4.79 Å². The number of hydrogen-bond acceptors (Lipinski definition) is 3. The lowest BCUT2D eigenvalue weighted by molar-refractivity contribution is -0.122. The molecule has 0 radical (unpaired) electrons. The van der Waals surface area contributed by atoms with Crippen molar-refractivity contribution < 1.29 is 9.90 Å². The Kier molecular flexibility index (Phi) is 8.71. The van der Waals surface area contributed by atoms with Crippen LogP contribution in [0.15, 0.2) is 30.3 Å². The minimum Gasteiger partial charge on any atom is -0.394 e. The lowest BCUT2D eigenvalue weighted by Crippen LogP contribution is -2.31. The van der Waals surface area contributed by atoms with Gasteiger partial charge in [0.1, 0.15) is 0 Å². The van der Waals surface area contributed by atoms with Crippen LogP contribution in [0, 0.1) is 5.92 Å². The van der Waals surface area contributed by atoms with E-state index in [-0.39, 0.29) is 18.6 Å². The van der Waals surface area contributed by atoms with Crippen molar-refractivity contribution in [2.75, 3.05) is 13.2 Å². The van der Waals surface area contributed by atoms with E-state index >= 15 is 0 Å². The molecule has 4 heteroatoms. The Hall–Kier alpha value is -1.39. The van der Waals surface area contributed by atoms with Gasteiger partial charge in [0.15, 0.2) is 0 Å². The number of carbonyl (C=O) groups is 1. The minimum absolute atomic E-state index is 0.00368. The van der Waals surface area contributed by atoms with Crippen molar-refractivity contribution in [2.45, 2.75) is 45.1 Å². The SMILES string of the molecule is CCCC(CCN)CCC(=O)N[C@@H](CO)c1ccccc1. The molecule has 118 valence electrons. The summed E-state index contributed by atoms with van der Waals surface area (Å²) in [5.41, 5.74) is 6.54. The minimum atomic E-state index is -0.321. The standard InChI is InChI=1S/C17H28N2O2/c1-2-6-14(11-12-18)9-10-17(21)19-16(13-20)15-7-4-3-5-8-15/h3-5,7-8,14,16,20H,2,6,9-13,18H2,1H3,(H,19,21)/t14?,16-/m0/s1. The molecule has 21 heavy (non-hydrogen) atoms. The van der Waals surface area contributed by atoms with Gasteiger partial charge in [0.25, 0.3) is 0 Å². The third-order valence-corrected chi connectivity index (χ3v) is 3.77. The molecule has 0 spiro atoms. The molecule has 0 saturated heterocycles. The third kappa shape index (κ3) is 6.74. The van der Waals surface area contributed by atoms with E-state index in [1.165, 1.54) is 0 Å². The molecule has 1 unspecified atom stereocenters. The summed E-state index contributed by atoms with van der Waals surface area (Å²) in [6.07, 6.45) is 4.57. The maximum atomic E-state index is 12.0. The van der Waals surface area contributed by atoms with Crippen molar-refractivity contribution in [1.82, 2.24) is 5.32 Å². The molecule has 2 atom stereocenters. The number of amides is 1. The van der Waals surface area contributed by atoms with Gasteiger partial charge in [-0.15, -0.1) is 0 Å². The zero-order valence-corrected chi connectivity index (χ0v) is 12.9. The molecule has 0 saturated carbocycles. The first-order chi connectivity index (χ1) is 10.2. The van der Waals surface area contributed by atoms with Gasteiger partial charge in [0.05, 0.1) is 12.6 Å². The van der Waals surface area contributed by atoms with Crippen LogP contribution in [0.4, 0.5) is 0 Å². The quantitative estimate of drug-likeness (QED) is 0.620. The van der Waals surface area contributed by atoms with E-state index in [1.807, 2.05) is 30.3 Å². The van der Waals surface area contributed by atoms with Gasteiger partial charge in [-0.1, -0.05) is 50.1 Å². The summed E-state index contributed by atoms with van der Waals surface area (Å²) in [5.74, 6) is 0.520. The lowest BCUT2D eigenvalue weighted by atomic mass is 9.94. The number of aliphatic hydroxyl groups is 1. The van der Waals surface area contributed by atoms with E-state index < -0.39 is 0 Å². The summed E-state index contributed by atoms with van der Waals surface area (Å²) in [5, 5.41) is 12.3. The van der Waals surface area contributed by atoms with E-state index in [1.54, 1.807) is 0 Å². The van der Waals surface area contributed by atoms with Crippen molar-refractivity contribution in [3.8, 4) is 0 Å². The fourth-order valence-corrected chi connectivity index (χ4v) is 2.60. The number of benzene rings is 1. The van der Waals surface area contributed by atoms with Gasteiger partial charge in [-0.2, -0.15) is 0 Å². The summed E-state index contributed by atoms with van der Waals surface area (Å²) in [7, 11) is 0. The first-order valence-corrected chi connectivity index (χ1v) is 7.86. The van der Waals surface area contributed by atoms with Crippen LogP contribution in [0.5, 0.6) is 0 Å². The molecular formula is C17H28N2O2. The number of rotatable bonds is 10. The molecule has 1 rings (SSSR count). The van der Waals surface area contributed by atoms with Gasteiger partial charge in [0.2, 0.25) is 5.91 Å².